The van der Waals surface area contributed by atoms with E-state index in [4.69, 9.17) is 4.74 Å². The lowest BCUT2D eigenvalue weighted by Gasteiger charge is -2.54. The molecule has 1 amide bonds. The maximum absolute atomic E-state index is 11.3. The second kappa shape index (κ2) is 11.4. The van der Waals surface area contributed by atoms with Crippen molar-refractivity contribution in [1.29, 1.82) is 0 Å². The number of alkyl halides is 1. The minimum absolute atomic E-state index is 0.0300. The predicted molar refractivity (Wildman–Crippen MR) is 149 cm³/mol. The van der Waals surface area contributed by atoms with Gasteiger partial charge in [0, 0.05) is 6.54 Å². The molecule has 5 rings (SSSR count). The highest BCUT2D eigenvalue weighted by Gasteiger charge is 2.57. The second-order valence-electron chi connectivity index (χ2n) is 11.6. The molecule has 0 radical (unpaired) electrons. The number of aliphatic hydroxyl groups excluding tert-OH is 1. The van der Waals surface area contributed by atoms with Crippen molar-refractivity contribution in [3.63, 3.8) is 0 Å². The van der Waals surface area contributed by atoms with Crippen molar-refractivity contribution < 1.29 is 19.7 Å². The Hall–Kier alpha value is -2.05. The van der Waals surface area contributed by atoms with Crippen LogP contribution in [0.4, 0.5) is 0 Å². The number of aromatic hydroxyl groups is 1. The Bertz CT molecular complexity index is 1090. The molecule has 0 spiro atoms. The molecule has 6 heteroatoms. The number of aryl methyl sites for hydroxylation is 1. The first-order chi connectivity index (χ1) is 17.9. The van der Waals surface area contributed by atoms with Gasteiger partial charge in [0.25, 0.3) is 0 Å². The highest BCUT2D eigenvalue weighted by atomic mass is 79.9. The van der Waals surface area contributed by atoms with Crippen LogP contribution < -0.4 is 10.1 Å². The van der Waals surface area contributed by atoms with Gasteiger partial charge in [0.1, 0.15) is 11.5 Å². The van der Waals surface area contributed by atoms with Crippen LogP contribution in [-0.2, 0) is 11.2 Å². The number of aliphatic hydroxyl groups is 1. The van der Waals surface area contributed by atoms with Gasteiger partial charge in [-0.3, -0.25) is 4.79 Å². The van der Waals surface area contributed by atoms with Crippen molar-refractivity contribution in [1.82, 2.24) is 5.32 Å². The summed E-state index contributed by atoms with van der Waals surface area (Å²) in [4.78, 5) is 11.3. The summed E-state index contributed by atoms with van der Waals surface area (Å²) >= 11 is 3.16. The zero-order valence-corrected chi connectivity index (χ0v) is 23.4. The fourth-order valence-electron chi connectivity index (χ4n) is 7.67. The van der Waals surface area contributed by atoms with Crippen LogP contribution in [0.3, 0.4) is 0 Å². The molecule has 37 heavy (non-hydrogen) atoms. The zero-order valence-electron chi connectivity index (χ0n) is 21.8. The number of phenols is 1. The topological polar surface area (TPSA) is 78.8 Å². The van der Waals surface area contributed by atoms with Crippen LogP contribution in [0.5, 0.6) is 11.5 Å². The van der Waals surface area contributed by atoms with E-state index in [0.29, 0.717) is 47.9 Å². The van der Waals surface area contributed by atoms with E-state index in [-0.39, 0.29) is 17.4 Å². The van der Waals surface area contributed by atoms with Crippen LogP contribution in [0.1, 0.15) is 80.4 Å². The Labute approximate surface area is 229 Å². The minimum atomic E-state index is -0.224. The predicted octanol–water partition coefficient (Wildman–Crippen LogP) is 6.06. The molecule has 2 aromatic rings. The third-order valence-electron chi connectivity index (χ3n) is 9.51. The summed E-state index contributed by atoms with van der Waals surface area (Å²) < 4.78 is 6.02. The van der Waals surface area contributed by atoms with Crippen molar-refractivity contribution in [2.75, 3.05) is 18.5 Å². The molecule has 6 atom stereocenters. The number of phenolic OH excluding ortho intramolecular Hbond substituents is 1. The molecule has 0 aliphatic heterocycles. The Morgan fingerprint density at radius 2 is 1.92 bits per heavy atom. The van der Waals surface area contributed by atoms with Crippen molar-refractivity contribution >= 4 is 21.8 Å². The van der Waals surface area contributed by atoms with E-state index in [0.717, 1.165) is 57.1 Å². The molecular formula is C31H40BrNO4. The first-order valence-corrected chi connectivity index (χ1v) is 15.1. The minimum Gasteiger partial charge on any atom is -0.508 e. The largest absolute Gasteiger partial charge is 0.508 e. The quantitative estimate of drug-likeness (QED) is 0.253. The Morgan fingerprint density at radius 1 is 1.11 bits per heavy atom. The van der Waals surface area contributed by atoms with E-state index in [2.05, 4.69) is 58.5 Å². The van der Waals surface area contributed by atoms with Gasteiger partial charge >= 0.3 is 0 Å². The number of rotatable bonds is 9. The average molecular weight is 571 g/mol. The number of hydrogen-bond acceptors (Lipinski definition) is 4. The fraction of sp³-hybridized carbons (Fsp3) is 0.581. The average Bonchev–Trinajstić information content (AvgIpc) is 3.21. The van der Waals surface area contributed by atoms with Gasteiger partial charge in [-0.1, -0.05) is 41.1 Å². The maximum Gasteiger partial charge on any atom is 0.230 e. The molecule has 2 aromatic carbocycles. The highest BCUT2D eigenvalue weighted by molar-refractivity contribution is 9.09. The molecular weight excluding hydrogens is 530 g/mol. The summed E-state index contributed by atoms with van der Waals surface area (Å²) in [6.45, 7) is 3.70. The molecule has 5 nitrogen and oxygen atoms in total. The number of hydrogen-bond donors (Lipinski definition) is 3. The third-order valence-corrected chi connectivity index (χ3v) is 10.0. The van der Waals surface area contributed by atoms with Gasteiger partial charge in [0.15, 0.2) is 0 Å². The fourth-order valence-corrected chi connectivity index (χ4v) is 7.87. The molecule has 0 saturated heterocycles. The van der Waals surface area contributed by atoms with Crippen molar-refractivity contribution in [2.24, 2.45) is 17.3 Å². The smallest absolute Gasteiger partial charge is 0.230 e. The first kappa shape index (κ1) is 26.6. The van der Waals surface area contributed by atoms with Gasteiger partial charge in [-0.15, -0.1) is 0 Å². The van der Waals surface area contributed by atoms with Gasteiger partial charge in [-0.25, -0.2) is 0 Å². The summed E-state index contributed by atoms with van der Waals surface area (Å²) in [5, 5.41) is 24.4. The monoisotopic (exact) mass is 569 g/mol. The van der Waals surface area contributed by atoms with Gasteiger partial charge in [0.2, 0.25) is 5.91 Å². The SMILES string of the molecule is C[C@]12C[C@H](c3ccc(OCCCCCNC(=O)CBr)cc3)[C@@H]3c4ccc(O)cc4CC[C@H]3[C@@H]1CC[C@@H]2O. The van der Waals surface area contributed by atoms with E-state index < -0.39 is 0 Å². The summed E-state index contributed by atoms with van der Waals surface area (Å²) in [6, 6.07) is 14.6. The molecule has 200 valence electrons. The van der Waals surface area contributed by atoms with Gasteiger partial charge < -0.3 is 20.3 Å². The summed E-state index contributed by atoms with van der Waals surface area (Å²) in [6.07, 6.45) is 7.87. The molecule has 2 saturated carbocycles. The van der Waals surface area contributed by atoms with Crippen LogP contribution in [0.25, 0.3) is 0 Å². The molecule has 0 aromatic heterocycles. The summed E-state index contributed by atoms with van der Waals surface area (Å²) in [5.74, 6) is 3.16. The number of amides is 1. The maximum atomic E-state index is 11.3. The number of carbonyl (C=O) groups excluding carboxylic acids is 1. The van der Waals surface area contributed by atoms with E-state index in [1.807, 2.05) is 12.1 Å². The first-order valence-electron chi connectivity index (χ1n) is 14.0. The van der Waals surface area contributed by atoms with E-state index >= 15 is 0 Å². The number of unbranched alkanes of at least 4 members (excludes halogenated alkanes) is 2. The van der Waals surface area contributed by atoms with E-state index in [1.54, 1.807) is 0 Å². The van der Waals surface area contributed by atoms with Crippen LogP contribution in [0.2, 0.25) is 0 Å². The summed E-state index contributed by atoms with van der Waals surface area (Å²) in [7, 11) is 0. The van der Waals surface area contributed by atoms with E-state index in [1.165, 1.54) is 16.7 Å². The molecule has 0 heterocycles. The highest BCUT2D eigenvalue weighted by Crippen LogP contribution is 2.65. The number of benzene rings is 2. The molecule has 0 bridgehead atoms. The van der Waals surface area contributed by atoms with Gasteiger partial charge in [0.05, 0.1) is 18.0 Å². The molecule has 0 unspecified atom stereocenters. The van der Waals surface area contributed by atoms with Crippen molar-refractivity contribution in [2.45, 2.75) is 76.2 Å². The molecule has 3 aliphatic carbocycles. The summed E-state index contributed by atoms with van der Waals surface area (Å²) in [5.41, 5.74) is 3.98. The standard InChI is InChI=1S/C31H40BrNO4/c1-31-18-26(20-5-9-23(10-6-20)37-16-4-2-3-15-33-29(36)19-32)30-24-12-8-22(34)17-21(24)7-11-25(30)27(31)13-14-28(31)35/h5-6,8-10,12,17,25-28,30,34-35H,2-4,7,11,13-16,18-19H2,1H3,(H,33,36)/t25-,26+,27-,28-,30+,31-/m0/s1. The van der Waals surface area contributed by atoms with Gasteiger partial charge in [-0.2, -0.15) is 0 Å². The molecule has 3 aliphatic rings. The Kier molecular flexibility index (Phi) is 8.16. The lowest BCUT2D eigenvalue weighted by atomic mass is 9.51. The van der Waals surface area contributed by atoms with Crippen LogP contribution in [-0.4, -0.2) is 40.7 Å². The number of halogens is 1. The third kappa shape index (κ3) is 5.42. The normalized spacial score (nSPS) is 30.2. The number of fused-ring (bicyclic) bond motifs is 5. The zero-order chi connectivity index (χ0) is 26.0. The number of nitrogens with one attached hydrogen (secondary N) is 1. The Balaban J connectivity index is 1.28. The van der Waals surface area contributed by atoms with Crippen molar-refractivity contribution in [3.8, 4) is 11.5 Å². The Morgan fingerprint density at radius 3 is 2.70 bits per heavy atom. The van der Waals surface area contributed by atoms with Crippen molar-refractivity contribution in [3.05, 3.63) is 59.2 Å². The van der Waals surface area contributed by atoms with Crippen LogP contribution in [0.15, 0.2) is 42.5 Å². The van der Waals surface area contributed by atoms with Gasteiger partial charge in [-0.05, 0) is 121 Å². The number of ether oxygens (including phenoxy) is 1. The lowest BCUT2D eigenvalue weighted by Crippen LogP contribution is -2.47. The number of carbonyl (C=O) groups is 1. The van der Waals surface area contributed by atoms with E-state index in [9.17, 15) is 15.0 Å². The van der Waals surface area contributed by atoms with Crippen LogP contribution in [0, 0.1) is 17.3 Å². The molecule has 2 fully saturated rings. The molecule has 3 N–H and O–H groups in total. The second-order valence-corrected chi connectivity index (χ2v) is 12.1. The lowest BCUT2D eigenvalue weighted by molar-refractivity contribution is -0.118. The van der Waals surface area contributed by atoms with Crippen LogP contribution >= 0.6 is 15.9 Å².